The summed E-state index contributed by atoms with van der Waals surface area (Å²) in [7, 11) is 0. The van der Waals surface area contributed by atoms with E-state index in [0.29, 0.717) is 11.9 Å². The van der Waals surface area contributed by atoms with Crippen LogP contribution in [0.3, 0.4) is 0 Å². The van der Waals surface area contributed by atoms with E-state index in [9.17, 15) is 9.59 Å². The Morgan fingerprint density at radius 1 is 1.22 bits per heavy atom. The lowest BCUT2D eigenvalue weighted by Crippen LogP contribution is -2.23. The van der Waals surface area contributed by atoms with E-state index in [0.717, 1.165) is 24.1 Å². The zero-order valence-corrected chi connectivity index (χ0v) is 11.5. The van der Waals surface area contributed by atoms with Gasteiger partial charge in [-0.1, -0.05) is 28.1 Å². The Morgan fingerprint density at radius 2 is 1.89 bits per heavy atom. The second kappa shape index (κ2) is 6.00. The van der Waals surface area contributed by atoms with Crippen molar-refractivity contribution in [3.8, 4) is 0 Å². The number of rotatable bonds is 5. The number of hydrogen-bond acceptors (Lipinski definition) is 2. The third kappa shape index (κ3) is 3.84. The molecule has 96 valence electrons. The number of nitrogens with one attached hydrogen (secondary N) is 2. The summed E-state index contributed by atoms with van der Waals surface area (Å²) in [5.41, 5.74) is 1.82. The van der Waals surface area contributed by atoms with Crippen molar-refractivity contribution in [1.82, 2.24) is 5.32 Å². The predicted octanol–water partition coefficient (Wildman–Crippen LogP) is 2.05. The van der Waals surface area contributed by atoms with Crippen molar-refractivity contribution < 1.29 is 9.59 Å². The van der Waals surface area contributed by atoms with Crippen molar-refractivity contribution in [3.05, 3.63) is 29.8 Å². The molecule has 0 heterocycles. The molecule has 2 rings (SSSR count). The Kier molecular flexibility index (Phi) is 4.36. The fraction of sp³-hybridized carbons (Fsp3) is 0.385. The summed E-state index contributed by atoms with van der Waals surface area (Å²) in [4.78, 5) is 22.6. The fourth-order valence-electron chi connectivity index (χ4n) is 1.54. The molecule has 0 unspecified atom stereocenters. The van der Waals surface area contributed by atoms with E-state index in [1.807, 2.05) is 24.3 Å². The van der Waals surface area contributed by atoms with Crippen LogP contribution in [0.25, 0.3) is 0 Å². The summed E-state index contributed by atoms with van der Waals surface area (Å²) >= 11 is 3.09. The first kappa shape index (κ1) is 13.1. The van der Waals surface area contributed by atoms with E-state index < -0.39 is 0 Å². The molecule has 0 radical (unpaired) electrons. The van der Waals surface area contributed by atoms with Crippen molar-refractivity contribution in [2.75, 3.05) is 10.6 Å². The molecule has 2 amide bonds. The zero-order chi connectivity index (χ0) is 13.0. The summed E-state index contributed by atoms with van der Waals surface area (Å²) < 4.78 is 0. The number of anilines is 1. The van der Waals surface area contributed by atoms with Gasteiger partial charge in [-0.25, -0.2) is 0 Å². The molecule has 1 aromatic carbocycles. The van der Waals surface area contributed by atoms with E-state index in [-0.39, 0.29) is 17.7 Å². The molecule has 2 N–H and O–H groups in total. The molecule has 0 aromatic heterocycles. The lowest BCUT2D eigenvalue weighted by Gasteiger charge is -2.06. The molecule has 0 aliphatic heterocycles. The molecular weight excluding hydrogens is 296 g/mol. The summed E-state index contributed by atoms with van der Waals surface area (Å²) in [6.07, 6.45) is 2.00. The predicted molar refractivity (Wildman–Crippen MR) is 73.4 cm³/mol. The summed E-state index contributed by atoms with van der Waals surface area (Å²) in [6.45, 7) is 0.501. The summed E-state index contributed by atoms with van der Waals surface area (Å²) in [5, 5.41) is 5.95. The maximum absolute atomic E-state index is 11.5. The molecule has 0 atom stereocenters. The van der Waals surface area contributed by atoms with Crippen LogP contribution >= 0.6 is 15.9 Å². The van der Waals surface area contributed by atoms with E-state index in [1.54, 1.807) is 0 Å². The smallest absolute Gasteiger partial charge is 0.230 e. The van der Waals surface area contributed by atoms with Crippen molar-refractivity contribution in [2.24, 2.45) is 5.92 Å². The quantitative estimate of drug-likeness (QED) is 0.818. The molecule has 1 aliphatic carbocycles. The maximum atomic E-state index is 11.5. The maximum Gasteiger partial charge on any atom is 0.230 e. The highest BCUT2D eigenvalue weighted by Crippen LogP contribution is 2.30. The Balaban J connectivity index is 1.84. The first-order valence-corrected chi connectivity index (χ1v) is 7.03. The van der Waals surface area contributed by atoms with Crippen LogP contribution in [0.4, 0.5) is 5.69 Å². The lowest BCUT2D eigenvalue weighted by molar-refractivity contribution is -0.119. The molecule has 0 saturated heterocycles. The fourth-order valence-corrected chi connectivity index (χ4v) is 1.74. The minimum atomic E-state index is -0.0406. The lowest BCUT2D eigenvalue weighted by atomic mass is 10.2. The molecule has 0 bridgehead atoms. The first-order valence-electron chi connectivity index (χ1n) is 5.91. The van der Waals surface area contributed by atoms with Gasteiger partial charge in [-0.05, 0) is 30.5 Å². The average molecular weight is 311 g/mol. The Morgan fingerprint density at radius 3 is 2.44 bits per heavy atom. The van der Waals surface area contributed by atoms with Gasteiger partial charge in [0.15, 0.2) is 0 Å². The Labute approximate surface area is 114 Å². The largest absolute Gasteiger partial charge is 0.351 e. The van der Waals surface area contributed by atoms with Gasteiger partial charge in [-0.3, -0.25) is 9.59 Å². The molecule has 1 saturated carbocycles. The number of benzene rings is 1. The molecule has 1 fully saturated rings. The van der Waals surface area contributed by atoms with Gasteiger partial charge < -0.3 is 10.6 Å². The van der Waals surface area contributed by atoms with Crippen molar-refractivity contribution in [2.45, 2.75) is 19.4 Å². The SMILES string of the molecule is O=C(CBr)NCc1ccc(NC(=O)C2CC2)cc1. The van der Waals surface area contributed by atoms with Gasteiger partial charge >= 0.3 is 0 Å². The van der Waals surface area contributed by atoms with E-state index in [1.165, 1.54) is 0 Å². The molecule has 5 heteroatoms. The third-order valence-electron chi connectivity index (χ3n) is 2.78. The first-order chi connectivity index (χ1) is 8.69. The minimum absolute atomic E-state index is 0.0406. The van der Waals surface area contributed by atoms with Crippen LogP contribution in [0.15, 0.2) is 24.3 Å². The molecule has 0 spiro atoms. The molecule has 1 aromatic rings. The second-order valence-electron chi connectivity index (χ2n) is 4.37. The van der Waals surface area contributed by atoms with E-state index in [2.05, 4.69) is 26.6 Å². The zero-order valence-electron chi connectivity index (χ0n) is 9.91. The summed E-state index contributed by atoms with van der Waals surface area (Å²) in [5.74, 6) is 0.277. The van der Waals surface area contributed by atoms with Crippen LogP contribution in [0, 0.1) is 5.92 Å². The highest BCUT2D eigenvalue weighted by molar-refractivity contribution is 9.09. The van der Waals surface area contributed by atoms with Crippen molar-refractivity contribution in [1.29, 1.82) is 0 Å². The van der Waals surface area contributed by atoms with Gasteiger partial charge in [0.05, 0.1) is 5.33 Å². The number of alkyl halides is 1. The topological polar surface area (TPSA) is 58.2 Å². The Hall–Kier alpha value is -1.36. The van der Waals surface area contributed by atoms with Crippen LogP contribution in [-0.2, 0) is 16.1 Å². The van der Waals surface area contributed by atoms with Gasteiger partial charge in [-0.15, -0.1) is 0 Å². The van der Waals surface area contributed by atoms with E-state index in [4.69, 9.17) is 0 Å². The summed E-state index contributed by atoms with van der Waals surface area (Å²) in [6, 6.07) is 7.51. The Bertz CT molecular complexity index is 441. The number of carbonyl (C=O) groups is 2. The van der Waals surface area contributed by atoms with Crippen LogP contribution in [0.2, 0.25) is 0 Å². The number of amides is 2. The van der Waals surface area contributed by atoms with Crippen LogP contribution < -0.4 is 10.6 Å². The van der Waals surface area contributed by atoms with E-state index >= 15 is 0 Å². The molecular formula is C13H15BrN2O2. The van der Waals surface area contributed by atoms with Gasteiger partial charge in [0.1, 0.15) is 0 Å². The average Bonchev–Trinajstić information content (AvgIpc) is 3.21. The third-order valence-corrected chi connectivity index (χ3v) is 3.29. The second-order valence-corrected chi connectivity index (χ2v) is 4.93. The number of halogens is 1. The van der Waals surface area contributed by atoms with Crippen LogP contribution in [0.1, 0.15) is 18.4 Å². The van der Waals surface area contributed by atoms with Gasteiger partial charge in [-0.2, -0.15) is 0 Å². The van der Waals surface area contributed by atoms with Crippen molar-refractivity contribution in [3.63, 3.8) is 0 Å². The van der Waals surface area contributed by atoms with Crippen LogP contribution in [0.5, 0.6) is 0 Å². The van der Waals surface area contributed by atoms with Crippen LogP contribution in [-0.4, -0.2) is 17.1 Å². The van der Waals surface area contributed by atoms with Gasteiger partial charge in [0, 0.05) is 18.2 Å². The number of carbonyl (C=O) groups excluding carboxylic acids is 2. The highest BCUT2D eigenvalue weighted by Gasteiger charge is 2.29. The standard InChI is InChI=1S/C13H15BrN2O2/c14-7-12(17)15-8-9-1-5-11(6-2-9)16-13(18)10-3-4-10/h1-2,5-6,10H,3-4,7-8H2,(H,15,17)(H,16,18). The number of hydrogen-bond donors (Lipinski definition) is 2. The molecule has 1 aliphatic rings. The van der Waals surface area contributed by atoms with Gasteiger partial charge in [0.25, 0.3) is 0 Å². The monoisotopic (exact) mass is 310 g/mol. The highest BCUT2D eigenvalue weighted by atomic mass is 79.9. The van der Waals surface area contributed by atoms with Crippen molar-refractivity contribution >= 4 is 33.4 Å². The van der Waals surface area contributed by atoms with Gasteiger partial charge in [0.2, 0.25) is 11.8 Å². The normalized spacial score (nSPS) is 14.1. The minimum Gasteiger partial charge on any atom is -0.351 e. The molecule has 18 heavy (non-hydrogen) atoms. The molecule has 4 nitrogen and oxygen atoms in total.